The van der Waals surface area contributed by atoms with Crippen LogP contribution in [0.1, 0.15) is 16.8 Å². The van der Waals surface area contributed by atoms with Crippen LogP contribution in [0.5, 0.6) is 0 Å². The van der Waals surface area contributed by atoms with E-state index in [1.54, 1.807) is 0 Å². The lowest BCUT2D eigenvalue weighted by Crippen LogP contribution is -2.16. The summed E-state index contributed by atoms with van der Waals surface area (Å²) >= 11 is 0. The highest BCUT2D eigenvalue weighted by atomic mass is 32.2. The molecular weight excluding hydrogens is 424 g/mol. The molecule has 8 rings (SSSR count). The van der Waals surface area contributed by atoms with E-state index in [-0.39, 0.29) is 10.7 Å². The number of para-hydroxylation sites is 3. The summed E-state index contributed by atoms with van der Waals surface area (Å²) in [5, 5.41) is 3.66. The fraction of sp³-hybridized carbons (Fsp3) is 0.0690. The first kappa shape index (κ1) is 17.8. The Labute approximate surface area is 193 Å². The molecule has 0 bridgehead atoms. The van der Waals surface area contributed by atoms with Crippen molar-refractivity contribution in [3.8, 4) is 5.69 Å². The lowest BCUT2D eigenvalue weighted by Gasteiger charge is -2.20. The van der Waals surface area contributed by atoms with Gasteiger partial charge in [0.2, 0.25) is 0 Å². The van der Waals surface area contributed by atoms with Crippen LogP contribution >= 0.6 is 10.7 Å². The third-order valence-corrected chi connectivity index (χ3v) is 9.00. The highest BCUT2D eigenvalue weighted by molar-refractivity contribution is 8.18. The van der Waals surface area contributed by atoms with Gasteiger partial charge in [0.05, 0.1) is 21.8 Å². The Hall–Kier alpha value is -3.76. The molecule has 158 valence electrons. The lowest BCUT2D eigenvalue weighted by molar-refractivity contribution is 0.671. The van der Waals surface area contributed by atoms with Crippen LogP contribution < -0.4 is 4.72 Å². The fourth-order valence-electron chi connectivity index (χ4n) is 5.63. The summed E-state index contributed by atoms with van der Waals surface area (Å²) in [6.45, 7) is 0. The number of rotatable bonds is 1. The van der Waals surface area contributed by atoms with Crippen LogP contribution in [0.15, 0.2) is 95.4 Å². The van der Waals surface area contributed by atoms with E-state index in [0.29, 0.717) is 0 Å². The number of aryl methyl sites for hydroxylation is 1. The molecule has 0 saturated carbocycles. The zero-order valence-electron chi connectivity index (χ0n) is 17.8. The molecule has 0 saturated heterocycles. The van der Waals surface area contributed by atoms with Crippen molar-refractivity contribution in [2.75, 3.05) is 10.5 Å². The molecule has 6 aromatic rings. The van der Waals surface area contributed by atoms with E-state index in [9.17, 15) is 0 Å². The summed E-state index contributed by atoms with van der Waals surface area (Å²) in [6.07, 6.45) is 1.06. The summed E-state index contributed by atoms with van der Waals surface area (Å²) in [7, 11) is 0.0129. The molecule has 2 aromatic heterocycles. The molecule has 0 radical (unpaired) electrons. The third kappa shape index (κ3) is 2.29. The van der Waals surface area contributed by atoms with E-state index in [1.807, 2.05) is 6.07 Å². The van der Waals surface area contributed by atoms with Crippen molar-refractivity contribution in [3.05, 3.63) is 108 Å². The first-order chi connectivity index (χ1) is 16.4. The average molecular weight is 445 g/mol. The van der Waals surface area contributed by atoms with Crippen LogP contribution in [0.25, 0.3) is 38.5 Å². The smallest absolute Gasteiger partial charge is 0.160 e. The molecule has 1 N–H and O–H groups in total. The Kier molecular flexibility index (Phi) is 3.44. The SMILES string of the molecule is c1ccc(-n2c3c(c4ccc5c6ccccc6oc5c42)CCS2=C3c3ccccc3N2)cc1. The van der Waals surface area contributed by atoms with E-state index in [0.717, 1.165) is 23.3 Å². The van der Waals surface area contributed by atoms with Gasteiger partial charge < -0.3 is 13.7 Å². The van der Waals surface area contributed by atoms with Crippen molar-refractivity contribution >= 4 is 54.1 Å². The zero-order valence-corrected chi connectivity index (χ0v) is 18.7. The second-order valence-corrected chi connectivity index (χ2v) is 10.6. The summed E-state index contributed by atoms with van der Waals surface area (Å²) in [5.41, 5.74) is 9.65. The van der Waals surface area contributed by atoms with Gasteiger partial charge in [-0.05, 0) is 42.3 Å². The Balaban J connectivity index is 1.58. The summed E-state index contributed by atoms with van der Waals surface area (Å²) in [6, 6.07) is 32.4. The van der Waals surface area contributed by atoms with Crippen LogP contribution in [0.3, 0.4) is 0 Å². The van der Waals surface area contributed by atoms with Crippen molar-refractivity contribution in [2.24, 2.45) is 0 Å². The van der Waals surface area contributed by atoms with Gasteiger partial charge in [-0.1, -0.05) is 71.3 Å². The Morgan fingerprint density at radius 1 is 0.758 bits per heavy atom. The second-order valence-electron chi connectivity index (χ2n) is 8.76. The first-order valence-electron chi connectivity index (χ1n) is 11.4. The van der Waals surface area contributed by atoms with Crippen molar-refractivity contribution < 1.29 is 4.42 Å². The average Bonchev–Trinajstić information content (AvgIpc) is 3.53. The van der Waals surface area contributed by atoms with E-state index in [1.165, 1.54) is 54.7 Å². The molecule has 0 fully saturated rings. The number of aromatic nitrogens is 1. The maximum Gasteiger partial charge on any atom is 0.160 e. The normalized spacial score (nSPS) is 16.7. The maximum atomic E-state index is 6.54. The third-order valence-electron chi connectivity index (χ3n) is 7.02. The number of hydrogen-bond donors (Lipinski definition) is 1. The number of anilines is 1. The van der Waals surface area contributed by atoms with E-state index < -0.39 is 0 Å². The molecule has 4 heterocycles. The first-order valence-corrected chi connectivity index (χ1v) is 12.7. The highest BCUT2D eigenvalue weighted by Crippen LogP contribution is 2.46. The van der Waals surface area contributed by atoms with Gasteiger partial charge in [-0.25, -0.2) is 0 Å². The van der Waals surface area contributed by atoms with Crippen LogP contribution in [-0.2, 0) is 6.42 Å². The van der Waals surface area contributed by atoms with Gasteiger partial charge >= 0.3 is 0 Å². The van der Waals surface area contributed by atoms with Crippen molar-refractivity contribution in [2.45, 2.75) is 6.42 Å². The highest BCUT2D eigenvalue weighted by Gasteiger charge is 2.33. The minimum Gasteiger partial charge on any atom is -0.454 e. The van der Waals surface area contributed by atoms with Crippen molar-refractivity contribution in [1.29, 1.82) is 0 Å². The van der Waals surface area contributed by atoms with E-state index >= 15 is 0 Å². The van der Waals surface area contributed by atoms with E-state index in [2.05, 4.69) is 94.2 Å². The molecule has 33 heavy (non-hydrogen) atoms. The number of furan rings is 1. The molecular formula is C29H20N2OS. The van der Waals surface area contributed by atoms with Gasteiger partial charge in [-0.3, -0.25) is 0 Å². The minimum absolute atomic E-state index is 0.0129. The minimum atomic E-state index is 0.0129. The summed E-state index contributed by atoms with van der Waals surface area (Å²) < 4.78 is 12.8. The quantitative estimate of drug-likeness (QED) is 0.270. The molecule has 4 heteroatoms. The van der Waals surface area contributed by atoms with Gasteiger partial charge in [-0.2, -0.15) is 0 Å². The van der Waals surface area contributed by atoms with Gasteiger partial charge in [0, 0.05) is 33.2 Å². The maximum absolute atomic E-state index is 6.54. The van der Waals surface area contributed by atoms with Crippen LogP contribution in [0, 0.1) is 0 Å². The van der Waals surface area contributed by atoms with Crippen LogP contribution in [0.4, 0.5) is 5.69 Å². The number of nitrogens with zero attached hydrogens (tertiary/aromatic N) is 1. The standard InChI is InChI=1S/C29H20N2OS/c1-2-8-18(9-3-1)31-26-20(14-15-22-19-10-5-7-13-25(19)32-28(22)26)21-16-17-33-29(27(21)31)23-11-4-6-12-24(23)30-33/h1-15,30H,16-17H2. The Morgan fingerprint density at radius 3 is 2.48 bits per heavy atom. The number of benzene rings is 4. The molecule has 1 unspecified atom stereocenters. The van der Waals surface area contributed by atoms with Crippen molar-refractivity contribution in [1.82, 2.24) is 4.57 Å². The molecule has 4 aromatic carbocycles. The topological polar surface area (TPSA) is 30.1 Å². The Bertz CT molecular complexity index is 1790. The van der Waals surface area contributed by atoms with Gasteiger partial charge in [0.15, 0.2) is 5.58 Å². The molecule has 0 spiro atoms. The molecule has 3 nitrogen and oxygen atoms in total. The lowest BCUT2D eigenvalue weighted by atomic mass is 10.0. The fourth-order valence-corrected chi connectivity index (χ4v) is 7.78. The van der Waals surface area contributed by atoms with Gasteiger partial charge in [0.1, 0.15) is 5.58 Å². The Morgan fingerprint density at radius 2 is 1.55 bits per heavy atom. The summed E-state index contributed by atoms with van der Waals surface area (Å²) in [4.78, 5) is 1.44. The molecule has 2 aliphatic rings. The zero-order chi connectivity index (χ0) is 21.5. The molecule has 0 amide bonds. The van der Waals surface area contributed by atoms with Crippen LogP contribution in [-0.4, -0.2) is 15.2 Å². The van der Waals surface area contributed by atoms with Gasteiger partial charge in [0.25, 0.3) is 0 Å². The molecule has 2 aliphatic heterocycles. The van der Waals surface area contributed by atoms with Crippen LogP contribution in [0.2, 0.25) is 0 Å². The van der Waals surface area contributed by atoms with Gasteiger partial charge in [-0.15, -0.1) is 0 Å². The van der Waals surface area contributed by atoms with E-state index in [4.69, 9.17) is 4.42 Å². The number of hydrogen-bond acceptors (Lipinski definition) is 2. The van der Waals surface area contributed by atoms with Crippen molar-refractivity contribution in [3.63, 3.8) is 0 Å². The molecule has 1 atom stereocenters. The summed E-state index contributed by atoms with van der Waals surface area (Å²) in [5.74, 6) is 1.13. The predicted octanol–water partition coefficient (Wildman–Crippen LogP) is 7.26. The number of fused-ring (bicyclic) bond motifs is 10. The number of nitrogens with one attached hydrogen (secondary N) is 1. The largest absolute Gasteiger partial charge is 0.454 e. The monoisotopic (exact) mass is 444 g/mol. The molecule has 0 aliphatic carbocycles. The second kappa shape index (κ2) is 6.40. The predicted molar refractivity (Wildman–Crippen MR) is 140 cm³/mol.